The Morgan fingerprint density at radius 3 is 2.56 bits per heavy atom. The average molecular weight is 253 g/mol. The van der Waals surface area contributed by atoms with E-state index in [0.717, 1.165) is 12.5 Å². The van der Waals surface area contributed by atoms with E-state index in [0.29, 0.717) is 17.1 Å². The van der Waals surface area contributed by atoms with Crippen LogP contribution in [-0.2, 0) is 4.74 Å². The van der Waals surface area contributed by atoms with Gasteiger partial charge >= 0.3 is 0 Å². The Bertz CT molecular complexity index is 265. The number of rotatable bonds is 4. The molecule has 2 fully saturated rings. The number of ether oxygens (including phenoxy) is 1. The van der Waals surface area contributed by atoms with Crippen molar-refractivity contribution in [2.75, 3.05) is 13.7 Å². The van der Waals surface area contributed by atoms with Gasteiger partial charge in [-0.1, -0.05) is 20.8 Å². The van der Waals surface area contributed by atoms with E-state index in [4.69, 9.17) is 4.74 Å². The highest BCUT2D eigenvalue weighted by atomic mass is 16.5. The van der Waals surface area contributed by atoms with E-state index < -0.39 is 0 Å². The van der Waals surface area contributed by atoms with E-state index in [2.05, 4.69) is 33.1 Å². The second-order valence-corrected chi connectivity index (χ2v) is 7.53. The van der Waals surface area contributed by atoms with Crippen LogP contribution in [-0.4, -0.2) is 25.3 Å². The molecule has 2 nitrogen and oxygen atoms in total. The van der Waals surface area contributed by atoms with Crippen LogP contribution in [0.4, 0.5) is 0 Å². The summed E-state index contributed by atoms with van der Waals surface area (Å²) < 4.78 is 6.02. The summed E-state index contributed by atoms with van der Waals surface area (Å²) in [6.07, 6.45) is 9.30. The van der Waals surface area contributed by atoms with Gasteiger partial charge in [0.15, 0.2) is 0 Å². The summed E-state index contributed by atoms with van der Waals surface area (Å²) in [7, 11) is 2.10. The van der Waals surface area contributed by atoms with Gasteiger partial charge in [0.2, 0.25) is 0 Å². The van der Waals surface area contributed by atoms with Crippen LogP contribution in [0.3, 0.4) is 0 Å². The first-order valence-electron chi connectivity index (χ1n) is 7.76. The fraction of sp³-hybridized carbons (Fsp3) is 1.00. The third-order valence-corrected chi connectivity index (χ3v) is 5.12. The van der Waals surface area contributed by atoms with Crippen molar-refractivity contribution in [1.82, 2.24) is 5.32 Å². The largest absolute Gasteiger partial charge is 0.375 e. The van der Waals surface area contributed by atoms with Crippen molar-refractivity contribution in [3.8, 4) is 0 Å². The molecule has 1 heterocycles. The molecule has 18 heavy (non-hydrogen) atoms. The topological polar surface area (TPSA) is 21.3 Å². The summed E-state index contributed by atoms with van der Waals surface area (Å²) in [4.78, 5) is 0. The summed E-state index contributed by atoms with van der Waals surface area (Å²) in [6.45, 7) is 8.02. The van der Waals surface area contributed by atoms with Crippen molar-refractivity contribution in [3.05, 3.63) is 0 Å². The molecule has 1 aliphatic heterocycles. The molecule has 0 amide bonds. The predicted molar refractivity (Wildman–Crippen MR) is 76.8 cm³/mol. The van der Waals surface area contributed by atoms with Gasteiger partial charge in [0.25, 0.3) is 0 Å². The Morgan fingerprint density at radius 1 is 1.33 bits per heavy atom. The van der Waals surface area contributed by atoms with E-state index in [9.17, 15) is 0 Å². The summed E-state index contributed by atoms with van der Waals surface area (Å²) in [5.41, 5.74) is 0.688. The number of nitrogens with one attached hydrogen (secondary N) is 1. The molecule has 0 aromatic carbocycles. The van der Waals surface area contributed by atoms with E-state index >= 15 is 0 Å². The lowest BCUT2D eigenvalue weighted by Crippen LogP contribution is -2.46. The maximum absolute atomic E-state index is 6.02. The highest BCUT2D eigenvalue weighted by Gasteiger charge is 2.42. The first-order valence-corrected chi connectivity index (χ1v) is 7.76. The molecule has 1 aliphatic carbocycles. The van der Waals surface area contributed by atoms with Crippen LogP contribution in [0.2, 0.25) is 0 Å². The molecule has 106 valence electrons. The minimum atomic E-state index is 0.319. The highest BCUT2D eigenvalue weighted by Crippen LogP contribution is 2.45. The SMILES string of the molecule is CNC(CCC1CCOC2(CCC2)C1)C(C)(C)C. The quantitative estimate of drug-likeness (QED) is 0.824. The van der Waals surface area contributed by atoms with Crippen molar-refractivity contribution >= 4 is 0 Å². The maximum atomic E-state index is 6.02. The minimum Gasteiger partial charge on any atom is -0.375 e. The molecule has 1 saturated carbocycles. The molecule has 2 unspecified atom stereocenters. The molecule has 0 aromatic heterocycles. The number of hydrogen-bond acceptors (Lipinski definition) is 2. The van der Waals surface area contributed by atoms with E-state index in [1.807, 2.05) is 0 Å². The lowest BCUT2D eigenvalue weighted by molar-refractivity contribution is -0.144. The van der Waals surface area contributed by atoms with Gasteiger partial charge in [0, 0.05) is 12.6 Å². The van der Waals surface area contributed by atoms with Crippen molar-refractivity contribution in [2.45, 2.75) is 77.4 Å². The Balaban J connectivity index is 1.79. The molecule has 2 heteroatoms. The van der Waals surface area contributed by atoms with Crippen molar-refractivity contribution in [3.63, 3.8) is 0 Å². The normalized spacial score (nSPS) is 29.0. The zero-order valence-electron chi connectivity index (χ0n) is 12.7. The minimum absolute atomic E-state index is 0.319. The van der Waals surface area contributed by atoms with Crippen LogP contribution in [0.15, 0.2) is 0 Å². The van der Waals surface area contributed by atoms with Crippen LogP contribution >= 0.6 is 0 Å². The predicted octanol–water partition coefficient (Wildman–Crippen LogP) is 3.75. The van der Waals surface area contributed by atoms with Crippen LogP contribution in [0.5, 0.6) is 0 Å². The Hall–Kier alpha value is -0.0800. The van der Waals surface area contributed by atoms with Gasteiger partial charge in [-0.25, -0.2) is 0 Å². The van der Waals surface area contributed by atoms with E-state index in [1.54, 1.807) is 0 Å². The van der Waals surface area contributed by atoms with Gasteiger partial charge in [0.1, 0.15) is 0 Å². The molecule has 0 bridgehead atoms. The standard InChI is InChI=1S/C16H31NO/c1-15(2,3)14(17-4)7-6-13-8-11-18-16(12-13)9-5-10-16/h13-14,17H,5-12H2,1-4H3. The van der Waals surface area contributed by atoms with Gasteiger partial charge in [-0.2, -0.15) is 0 Å². The lowest BCUT2D eigenvalue weighted by Gasteiger charge is -2.47. The first kappa shape index (κ1) is 14.3. The van der Waals surface area contributed by atoms with Crippen LogP contribution in [0.1, 0.15) is 65.7 Å². The van der Waals surface area contributed by atoms with Gasteiger partial charge in [-0.15, -0.1) is 0 Å². The molecule has 1 N–H and O–H groups in total. The molecule has 1 saturated heterocycles. The molecule has 1 spiro atoms. The zero-order chi connectivity index (χ0) is 13.2. The Kier molecular flexibility index (Phi) is 4.38. The third-order valence-electron chi connectivity index (χ3n) is 5.12. The van der Waals surface area contributed by atoms with E-state index in [-0.39, 0.29) is 0 Å². The zero-order valence-corrected chi connectivity index (χ0v) is 12.7. The summed E-state index contributed by atoms with van der Waals surface area (Å²) in [6, 6.07) is 0.637. The second kappa shape index (κ2) is 5.50. The average Bonchev–Trinajstić information content (AvgIpc) is 2.26. The molecular weight excluding hydrogens is 222 g/mol. The van der Waals surface area contributed by atoms with E-state index in [1.165, 1.54) is 44.9 Å². The molecular formula is C16H31NO. The van der Waals surface area contributed by atoms with Gasteiger partial charge < -0.3 is 10.1 Å². The number of hydrogen-bond donors (Lipinski definition) is 1. The molecule has 0 radical (unpaired) electrons. The summed E-state index contributed by atoms with van der Waals surface area (Å²) >= 11 is 0. The maximum Gasteiger partial charge on any atom is 0.0685 e. The van der Waals surface area contributed by atoms with Crippen LogP contribution < -0.4 is 5.32 Å². The summed E-state index contributed by atoms with van der Waals surface area (Å²) in [5, 5.41) is 3.50. The van der Waals surface area contributed by atoms with Gasteiger partial charge in [-0.3, -0.25) is 0 Å². The first-order chi connectivity index (χ1) is 8.45. The fourth-order valence-electron chi connectivity index (χ4n) is 3.71. The van der Waals surface area contributed by atoms with Gasteiger partial charge in [0.05, 0.1) is 5.60 Å². The lowest BCUT2D eigenvalue weighted by atomic mass is 9.70. The van der Waals surface area contributed by atoms with Crippen LogP contribution in [0, 0.1) is 11.3 Å². The Labute approximate surface area is 113 Å². The molecule has 0 aromatic rings. The van der Waals surface area contributed by atoms with Crippen LogP contribution in [0.25, 0.3) is 0 Å². The fourth-order valence-corrected chi connectivity index (χ4v) is 3.71. The molecule has 2 aliphatic rings. The van der Waals surface area contributed by atoms with Crippen molar-refractivity contribution in [1.29, 1.82) is 0 Å². The van der Waals surface area contributed by atoms with Gasteiger partial charge in [-0.05, 0) is 63.3 Å². The summed E-state index contributed by atoms with van der Waals surface area (Å²) in [5.74, 6) is 0.900. The van der Waals surface area contributed by atoms with Crippen molar-refractivity contribution < 1.29 is 4.74 Å². The third kappa shape index (κ3) is 3.27. The second-order valence-electron chi connectivity index (χ2n) is 7.53. The Morgan fingerprint density at radius 2 is 2.06 bits per heavy atom. The molecule has 2 atom stereocenters. The monoisotopic (exact) mass is 253 g/mol. The van der Waals surface area contributed by atoms with Crippen molar-refractivity contribution in [2.24, 2.45) is 11.3 Å². The highest BCUT2D eigenvalue weighted by molar-refractivity contribution is 4.94. The molecule has 2 rings (SSSR count). The smallest absolute Gasteiger partial charge is 0.0685 e.